The summed E-state index contributed by atoms with van der Waals surface area (Å²) in [5.41, 5.74) is 0.566. The molecular weight excluding hydrogens is 388 g/mol. The molecular formula is C27H44O4. The summed E-state index contributed by atoms with van der Waals surface area (Å²) >= 11 is 0. The average Bonchev–Trinajstić information content (AvgIpc) is 2.75. The van der Waals surface area contributed by atoms with Gasteiger partial charge in [0.15, 0.2) is 0 Å². The third-order valence-corrected chi connectivity index (χ3v) is 6.53. The second-order valence-electron chi connectivity index (χ2n) is 9.06. The standard InChI is InChI=1S/C27H44O4/c1-3-4-5-6-12-18-25(29)19-15-22-27(23(2)28,24-16-10-9-11-17-24)21-14-8-7-13-20-26(30)31/h9-11,16-17,25,29H,3-8,12-15,18-22H2,1-2H3,(H,30,31). The molecule has 0 fully saturated rings. The van der Waals surface area contributed by atoms with Gasteiger partial charge >= 0.3 is 5.97 Å². The van der Waals surface area contributed by atoms with Crippen LogP contribution in [0.2, 0.25) is 0 Å². The number of benzene rings is 1. The minimum atomic E-state index is -0.744. The van der Waals surface area contributed by atoms with Crippen molar-refractivity contribution in [3.8, 4) is 0 Å². The highest BCUT2D eigenvalue weighted by atomic mass is 16.4. The van der Waals surface area contributed by atoms with Crippen molar-refractivity contribution in [3.05, 3.63) is 35.9 Å². The van der Waals surface area contributed by atoms with Gasteiger partial charge in [-0.2, -0.15) is 0 Å². The number of Topliss-reactive ketones (excluding diaryl/α,β-unsaturated/α-hetero) is 1. The molecule has 4 heteroatoms. The lowest BCUT2D eigenvalue weighted by atomic mass is 9.70. The molecule has 0 aliphatic heterocycles. The van der Waals surface area contributed by atoms with E-state index < -0.39 is 11.4 Å². The van der Waals surface area contributed by atoms with Crippen LogP contribution >= 0.6 is 0 Å². The average molecular weight is 433 g/mol. The first-order valence-corrected chi connectivity index (χ1v) is 12.4. The molecule has 0 amide bonds. The van der Waals surface area contributed by atoms with Gasteiger partial charge in [0.25, 0.3) is 0 Å². The number of hydrogen-bond acceptors (Lipinski definition) is 3. The Kier molecular flexibility index (Phi) is 14.1. The predicted molar refractivity (Wildman–Crippen MR) is 127 cm³/mol. The van der Waals surface area contributed by atoms with E-state index in [0.717, 1.165) is 63.4 Å². The van der Waals surface area contributed by atoms with E-state index in [-0.39, 0.29) is 18.3 Å². The van der Waals surface area contributed by atoms with E-state index in [1.54, 1.807) is 6.92 Å². The Bertz CT molecular complexity index is 613. The molecule has 1 rings (SSSR count). The van der Waals surface area contributed by atoms with Gasteiger partial charge in [-0.15, -0.1) is 0 Å². The maximum atomic E-state index is 12.9. The third-order valence-electron chi connectivity index (χ3n) is 6.53. The normalized spacial score (nSPS) is 14.2. The highest BCUT2D eigenvalue weighted by Crippen LogP contribution is 2.37. The van der Waals surface area contributed by atoms with Crippen molar-refractivity contribution in [2.24, 2.45) is 0 Å². The van der Waals surface area contributed by atoms with Crippen molar-refractivity contribution in [1.82, 2.24) is 0 Å². The van der Waals surface area contributed by atoms with Crippen LogP contribution in [-0.2, 0) is 15.0 Å². The zero-order chi connectivity index (χ0) is 23.0. The lowest BCUT2D eigenvalue weighted by Gasteiger charge is -2.33. The largest absolute Gasteiger partial charge is 0.481 e. The molecule has 4 nitrogen and oxygen atoms in total. The van der Waals surface area contributed by atoms with E-state index >= 15 is 0 Å². The summed E-state index contributed by atoms with van der Waals surface area (Å²) in [7, 11) is 0. The van der Waals surface area contributed by atoms with Crippen LogP contribution in [0.15, 0.2) is 30.3 Å². The number of carbonyl (C=O) groups is 2. The smallest absolute Gasteiger partial charge is 0.303 e. The lowest BCUT2D eigenvalue weighted by Crippen LogP contribution is -2.34. The molecule has 31 heavy (non-hydrogen) atoms. The lowest BCUT2D eigenvalue weighted by molar-refractivity contribution is -0.137. The second kappa shape index (κ2) is 16.0. The van der Waals surface area contributed by atoms with Crippen LogP contribution < -0.4 is 0 Å². The van der Waals surface area contributed by atoms with Gasteiger partial charge in [0.1, 0.15) is 5.78 Å². The molecule has 0 saturated carbocycles. The van der Waals surface area contributed by atoms with Crippen LogP contribution in [0.3, 0.4) is 0 Å². The molecule has 0 aliphatic rings. The van der Waals surface area contributed by atoms with Crippen LogP contribution in [0.25, 0.3) is 0 Å². The predicted octanol–water partition coefficient (Wildman–Crippen LogP) is 6.83. The zero-order valence-electron chi connectivity index (χ0n) is 19.8. The molecule has 0 aromatic heterocycles. The number of carboxylic acid groups (broad SMARTS) is 1. The van der Waals surface area contributed by atoms with Gasteiger partial charge in [0.2, 0.25) is 0 Å². The number of aliphatic carboxylic acids is 1. The number of carbonyl (C=O) groups excluding carboxylic acids is 1. The van der Waals surface area contributed by atoms with Crippen molar-refractivity contribution < 1.29 is 19.8 Å². The van der Waals surface area contributed by atoms with Gasteiger partial charge < -0.3 is 10.2 Å². The molecule has 2 atom stereocenters. The van der Waals surface area contributed by atoms with Gasteiger partial charge in [-0.05, 0) is 51.0 Å². The van der Waals surface area contributed by atoms with Crippen molar-refractivity contribution in [1.29, 1.82) is 0 Å². The first-order valence-electron chi connectivity index (χ1n) is 12.4. The van der Waals surface area contributed by atoms with Crippen molar-refractivity contribution in [2.75, 3.05) is 0 Å². The van der Waals surface area contributed by atoms with Gasteiger partial charge in [0, 0.05) is 6.42 Å². The number of aliphatic hydroxyl groups excluding tert-OH is 1. The van der Waals surface area contributed by atoms with E-state index in [1.165, 1.54) is 25.7 Å². The van der Waals surface area contributed by atoms with Crippen molar-refractivity contribution >= 4 is 11.8 Å². The van der Waals surface area contributed by atoms with E-state index in [0.29, 0.717) is 6.42 Å². The minimum Gasteiger partial charge on any atom is -0.481 e. The van der Waals surface area contributed by atoms with E-state index in [9.17, 15) is 14.7 Å². The first kappa shape index (κ1) is 27.4. The summed E-state index contributed by atoms with van der Waals surface area (Å²) in [4.78, 5) is 23.6. The SMILES string of the molecule is CCCCCCCC(O)CCCC(CCCCCCC(=O)O)(C(C)=O)c1ccccc1. The van der Waals surface area contributed by atoms with E-state index in [4.69, 9.17) is 5.11 Å². The number of aliphatic hydroxyl groups is 1. The maximum Gasteiger partial charge on any atom is 0.303 e. The van der Waals surface area contributed by atoms with Gasteiger partial charge in [0.05, 0.1) is 11.5 Å². The number of rotatable bonds is 19. The summed E-state index contributed by atoms with van der Waals surface area (Å²) < 4.78 is 0. The third kappa shape index (κ3) is 11.0. The van der Waals surface area contributed by atoms with Crippen molar-refractivity contribution in [2.45, 2.75) is 122 Å². The second-order valence-corrected chi connectivity index (χ2v) is 9.06. The van der Waals surface area contributed by atoms with Gasteiger partial charge in [-0.1, -0.05) is 88.6 Å². The highest BCUT2D eigenvalue weighted by Gasteiger charge is 2.36. The fraction of sp³-hybridized carbons (Fsp3) is 0.704. The van der Waals surface area contributed by atoms with Crippen LogP contribution in [0.5, 0.6) is 0 Å². The molecule has 0 heterocycles. The Morgan fingerprint density at radius 1 is 0.839 bits per heavy atom. The van der Waals surface area contributed by atoms with E-state index in [2.05, 4.69) is 19.1 Å². The molecule has 0 spiro atoms. The quantitative estimate of drug-likeness (QED) is 0.235. The Hall–Kier alpha value is -1.68. The maximum absolute atomic E-state index is 12.9. The summed E-state index contributed by atoms with van der Waals surface area (Å²) in [6, 6.07) is 10.1. The summed E-state index contributed by atoms with van der Waals surface area (Å²) in [5.74, 6) is -0.551. The summed E-state index contributed by atoms with van der Waals surface area (Å²) in [5, 5.41) is 19.2. The van der Waals surface area contributed by atoms with Gasteiger partial charge in [-0.25, -0.2) is 0 Å². The molecule has 0 bridgehead atoms. The fourth-order valence-electron chi connectivity index (χ4n) is 4.55. The Morgan fingerprint density at radius 2 is 1.42 bits per heavy atom. The summed E-state index contributed by atoms with van der Waals surface area (Å²) in [6.07, 6.45) is 13.3. The van der Waals surface area contributed by atoms with Crippen LogP contribution in [0, 0.1) is 0 Å². The molecule has 2 unspecified atom stereocenters. The Labute approximate surface area is 189 Å². The molecule has 0 saturated heterocycles. The molecule has 1 aromatic rings. The van der Waals surface area contributed by atoms with Crippen LogP contribution in [0.4, 0.5) is 0 Å². The van der Waals surface area contributed by atoms with Crippen LogP contribution in [-0.4, -0.2) is 28.1 Å². The monoisotopic (exact) mass is 432 g/mol. The highest BCUT2D eigenvalue weighted by molar-refractivity contribution is 5.88. The number of carboxylic acids is 1. The van der Waals surface area contributed by atoms with Gasteiger partial charge in [-0.3, -0.25) is 9.59 Å². The molecule has 0 aliphatic carbocycles. The molecule has 176 valence electrons. The Balaban J connectivity index is 2.62. The number of hydrogen-bond donors (Lipinski definition) is 2. The number of unbranched alkanes of at least 4 members (excludes halogenated alkanes) is 7. The van der Waals surface area contributed by atoms with Crippen molar-refractivity contribution in [3.63, 3.8) is 0 Å². The Morgan fingerprint density at radius 3 is 2.06 bits per heavy atom. The van der Waals surface area contributed by atoms with Crippen LogP contribution in [0.1, 0.15) is 116 Å². The van der Waals surface area contributed by atoms with E-state index in [1.807, 2.05) is 18.2 Å². The fourth-order valence-corrected chi connectivity index (χ4v) is 4.55. The molecule has 0 radical (unpaired) electrons. The zero-order valence-corrected chi connectivity index (χ0v) is 19.8. The summed E-state index contributed by atoms with van der Waals surface area (Å²) in [6.45, 7) is 3.90. The number of ketones is 1. The molecule has 1 aromatic carbocycles. The first-order chi connectivity index (χ1) is 14.9. The minimum absolute atomic E-state index is 0.193. The molecule has 2 N–H and O–H groups in total. The topological polar surface area (TPSA) is 74.6 Å².